The van der Waals surface area contributed by atoms with Gasteiger partial charge in [-0.05, 0) is 24.6 Å². The number of hydrogen-bond donors (Lipinski definition) is 3. The van der Waals surface area contributed by atoms with Gasteiger partial charge in [-0.2, -0.15) is 0 Å². The summed E-state index contributed by atoms with van der Waals surface area (Å²) in [5, 5.41) is 28.2. The molecule has 94 valence electrons. The topological polar surface area (TPSA) is 87.0 Å². The predicted octanol–water partition coefficient (Wildman–Crippen LogP) is 0.810. The van der Waals surface area contributed by atoms with Crippen LogP contribution in [0.3, 0.4) is 0 Å². The number of methoxy groups -OCH3 is 1. The molecule has 17 heavy (non-hydrogen) atoms. The normalized spacial score (nSPS) is 16.0. The van der Waals surface area contributed by atoms with Crippen molar-refractivity contribution in [3.8, 4) is 5.75 Å². The molecule has 0 aliphatic carbocycles. The molecule has 1 rings (SSSR count). The first-order chi connectivity index (χ1) is 7.97. The van der Waals surface area contributed by atoms with Crippen LogP contribution in [0.5, 0.6) is 5.75 Å². The van der Waals surface area contributed by atoms with Gasteiger partial charge in [0, 0.05) is 0 Å². The molecule has 0 aliphatic heterocycles. The summed E-state index contributed by atoms with van der Waals surface area (Å²) in [6.07, 6.45) is -2.39. The van der Waals surface area contributed by atoms with Crippen LogP contribution in [0.25, 0.3) is 0 Å². The summed E-state index contributed by atoms with van der Waals surface area (Å²) in [7, 11) is 1.52. The lowest BCUT2D eigenvalue weighted by Gasteiger charge is -2.21. The molecule has 3 N–H and O–H groups in total. The van der Waals surface area contributed by atoms with Crippen LogP contribution in [-0.4, -0.2) is 34.5 Å². The monoisotopic (exact) mass is 240 g/mol. The molecule has 0 spiro atoms. The van der Waals surface area contributed by atoms with Crippen molar-refractivity contribution in [1.82, 2.24) is 0 Å². The van der Waals surface area contributed by atoms with Crippen LogP contribution >= 0.6 is 0 Å². The van der Waals surface area contributed by atoms with Gasteiger partial charge in [0.1, 0.15) is 11.7 Å². The molecule has 5 nitrogen and oxygen atoms in total. The summed E-state index contributed by atoms with van der Waals surface area (Å²) >= 11 is 0. The molecule has 0 heterocycles. The van der Waals surface area contributed by atoms with Crippen molar-refractivity contribution >= 4 is 5.97 Å². The van der Waals surface area contributed by atoms with E-state index in [2.05, 4.69) is 0 Å². The lowest BCUT2D eigenvalue weighted by atomic mass is 9.91. The smallest absolute Gasteiger partial charge is 0.312 e. The first-order valence-electron chi connectivity index (χ1n) is 5.20. The SMILES string of the molecule is COc1ccc([C@@H](O)[C@H](C(=O)O)[C@@H](C)O)cc1. The molecule has 1 aromatic carbocycles. The summed E-state index contributed by atoms with van der Waals surface area (Å²) < 4.78 is 4.96. The highest BCUT2D eigenvalue weighted by Crippen LogP contribution is 2.26. The van der Waals surface area contributed by atoms with Gasteiger partial charge >= 0.3 is 5.97 Å². The number of rotatable bonds is 5. The number of aliphatic carboxylic acids is 1. The highest BCUT2D eigenvalue weighted by Gasteiger charge is 2.32. The van der Waals surface area contributed by atoms with Gasteiger partial charge in [-0.1, -0.05) is 12.1 Å². The molecule has 0 aromatic heterocycles. The van der Waals surface area contributed by atoms with Crippen molar-refractivity contribution < 1.29 is 24.9 Å². The van der Waals surface area contributed by atoms with Crippen LogP contribution in [0, 0.1) is 5.92 Å². The van der Waals surface area contributed by atoms with E-state index in [1.54, 1.807) is 24.3 Å². The zero-order valence-corrected chi connectivity index (χ0v) is 9.70. The molecule has 0 aliphatic rings. The Morgan fingerprint density at radius 1 is 1.24 bits per heavy atom. The number of ether oxygens (including phenoxy) is 1. The molecule has 3 atom stereocenters. The van der Waals surface area contributed by atoms with Crippen molar-refractivity contribution in [2.75, 3.05) is 7.11 Å². The Balaban J connectivity index is 2.93. The van der Waals surface area contributed by atoms with Crippen LogP contribution < -0.4 is 4.74 Å². The van der Waals surface area contributed by atoms with E-state index in [9.17, 15) is 15.0 Å². The van der Waals surface area contributed by atoms with E-state index in [4.69, 9.17) is 9.84 Å². The minimum absolute atomic E-state index is 0.430. The summed E-state index contributed by atoms with van der Waals surface area (Å²) in [6.45, 7) is 1.34. The quantitative estimate of drug-likeness (QED) is 0.709. The average Bonchev–Trinajstić information content (AvgIpc) is 2.28. The molecule has 0 radical (unpaired) electrons. The molecule has 0 unspecified atom stereocenters. The number of aliphatic hydroxyl groups is 2. The van der Waals surface area contributed by atoms with Crippen LogP contribution in [0.4, 0.5) is 0 Å². The van der Waals surface area contributed by atoms with Gasteiger partial charge < -0.3 is 20.1 Å². The highest BCUT2D eigenvalue weighted by molar-refractivity contribution is 5.71. The van der Waals surface area contributed by atoms with Gasteiger partial charge in [-0.25, -0.2) is 0 Å². The number of hydrogen-bond acceptors (Lipinski definition) is 4. The van der Waals surface area contributed by atoms with E-state index in [-0.39, 0.29) is 0 Å². The van der Waals surface area contributed by atoms with E-state index in [0.717, 1.165) is 0 Å². The van der Waals surface area contributed by atoms with Crippen LogP contribution in [-0.2, 0) is 4.79 Å². The van der Waals surface area contributed by atoms with Crippen LogP contribution in [0.15, 0.2) is 24.3 Å². The Hall–Kier alpha value is -1.59. The van der Waals surface area contributed by atoms with Gasteiger partial charge in [0.25, 0.3) is 0 Å². The van der Waals surface area contributed by atoms with Crippen molar-refractivity contribution in [2.45, 2.75) is 19.1 Å². The van der Waals surface area contributed by atoms with Gasteiger partial charge in [0.2, 0.25) is 0 Å². The summed E-state index contributed by atoms with van der Waals surface area (Å²) in [4.78, 5) is 10.9. The second-order valence-corrected chi connectivity index (χ2v) is 3.82. The Morgan fingerprint density at radius 3 is 2.12 bits per heavy atom. The molecule has 0 fully saturated rings. The second kappa shape index (κ2) is 5.65. The third-order valence-electron chi connectivity index (χ3n) is 2.60. The summed E-state index contributed by atoms with van der Waals surface area (Å²) in [5.74, 6) is -1.86. The maximum Gasteiger partial charge on any atom is 0.312 e. The number of benzene rings is 1. The Labute approximate surface area is 99.3 Å². The minimum Gasteiger partial charge on any atom is -0.497 e. The molecule has 5 heteroatoms. The van der Waals surface area contributed by atoms with Gasteiger partial charge in [-0.3, -0.25) is 4.79 Å². The largest absolute Gasteiger partial charge is 0.497 e. The number of carboxylic acids is 1. The third-order valence-corrected chi connectivity index (χ3v) is 2.60. The van der Waals surface area contributed by atoms with Crippen molar-refractivity contribution in [1.29, 1.82) is 0 Å². The Morgan fingerprint density at radius 2 is 1.76 bits per heavy atom. The summed E-state index contributed by atoms with van der Waals surface area (Å²) in [5.41, 5.74) is 0.430. The number of carboxylic acid groups (broad SMARTS) is 1. The molecule has 0 saturated carbocycles. The predicted molar refractivity (Wildman–Crippen MR) is 60.8 cm³/mol. The lowest BCUT2D eigenvalue weighted by Crippen LogP contribution is -2.31. The van der Waals surface area contributed by atoms with Gasteiger partial charge in [-0.15, -0.1) is 0 Å². The van der Waals surface area contributed by atoms with E-state index in [0.29, 0.717) is 11.3 Å². The molecular weight excluding hydrogens is 224 g/mol. The standard InChI is InChI=1S/C12H16O5/c1-7(13)10(12(15)16)11(14)8-3-5-9(17-2)6-4-8/h3-7,10-11,13-14H,1-2H3,(H,15,16)/t7-,10-,11-/m1/s1. The second-order valence-electron chi connectivity index (χ2n) is 3.82. The fourth-order valence-corrected chi connectivity index (χ4v) is 1.61. The minimum atomic E-state index is -1.25. The first kappa shape index (κ1) is 13.5. The molecule has 0 amide bonds. The first-order valence-corrected chi connectivity index (χ1v) is 5.20. The zero-order valence-electron chi connectivity index (χ0n) is 9.70. The maximum atomic E-state index is 10.9. The lowest BCUT2D eigenvalue weighted by molar-refractivity contribution is -0.151. The highest BCUT2D eigenvalue weighted by atomic mass is 16.5. The fourth-order valence-electron chi connectivity index (χ4n) is 1.61. The van der Waals surface area contributed by atoms with E-state index in [1.165, 1.54) is 14.0 Å². The molecule has 0 bridgehead atoms. The Kier molecular flexibility index (Phi) is 4.48. The van der Waals surface area contributed by atoms with Crippen LogP contribution in [0.1, 0.15) is 18.6 Å². The molecular formula is C12H16O5. The Bertz CT molecular complexity index is 371. The fraction of sp³-hybridized carbons (Fsp3) is 0.417. The average molecular weight is 240 g/mol. The maximum absolute atomic E-state index is 10.9. The zero-order chi connectivity index (χ0) is 13.0. The van der Waals surface area contributed by atoms with E-state index in [1.807, 2.05) is 0 Å². The molecule has 1 aromatic rings. The number of carbonyl (C=O) groups is 1. The van der Waals surface area contributed by atoms with Crippen LogP contribution in [0.2, 0.25) is 0 Å². The van der Waals surface area contributed by atoms with E-state index >= 15 is 0 Å². The van der Waals surface area contributed by atoms with E-state index < -0.39 is 24.1 Å². The third kappa shape index (κ3) is 3.18. The van der Waals surface area contributed by atoms with Gasteiger partial charge in [0.15, 0.2) is 0 Å². The van der Waals surface area contributed by atoms with Crippen molar-refractivity contribution in [2.24, 2.45) is 5.92 Å². The molecule has 0 saturated heterocycles. The van der Waals surface area contributed by atoms with Crippen molar-refractivity contribution in [3.05, 3.63) is 29.8 Å². The van der Waals surface area contributed by atoms with Gasteiger partial charge in [0.05, 0.1) is 19.3 Å². The number of aliphatic hydroxyl groups excluding tert-OH is 2. The summed E-state index contributed by atoms with van der Waals surface area (Å²) in [6, 6.07) is 6.39. The van der Waals surface area contributed by atoms with Crippen molar-refractivity contribution in [3.63, 3.8) is 0 Å².